The molecule has 1 fully saturated rings. The average molecular weight is 423 g/mol. The van der Waals surface area contributed by atoms with Crippen molar-refractivity contribution in [2.24, 2.45) is 0 Å². The molecule has 0 aliphatic heterocycles. The number of hydrogen-bond donors (Lipinski definition) is 0. The first-order valence-electron chi connectivity index (χ1n) is 10.2. The highest BCUT2D eigenvalue weighted by molar-refractivity contribution is 7.71. The van der Waals surface area contributed by atoms with E-state index < -0.39 is 0 Å². The van der Waals surface area contributed by atoms with Crippen molar-refractivity contribution >= 4 is 18.2 Å². The van der Waals surface area contributed by atoms with Gasteiger partial charge in [0, 0.05) is 12.5 Å². The molecule has 4 rings (SSSR count). The maximum absolute atomic E-state index is 12.0. The first-order chi connectivity index (χ1) is 14.6. The number of esters is 1. The van der Waals surface area contributed by atoms with Crippen molar-refractivity contribution in [1.82, 2.24) is 19.2 Å². The molecular weight excluding hydrogens is 396 g/mol. The smallest absolute Gasteiger partial charge is 0.319 e. The lowest BCUT2D eigenvalue weighted by Crippen LogP contribution is -2.32. The standard InChI is InChI=1S/C23H26N4O2S/c1-29-21(28)16-25(14-18-8-4-2-5-9-18)17-27-23(30)26(22(24-27)20-12-13-20)15-19-10-6-3-7-11-19/h2-11,20H,12-17H2,1H3. The highest BCUT2D eigenvalue weighted by atomic mass is 32.1. The van der Waals surface area contributed by atoms with Crippen LogP contribution < -0.4 is 0 Å². The Morgan fingerprint density at radius 1 is 1.10 bits per heavy atom. The summed E-state index contributed by atoms with van der Waals surface area (Å²) < 4.78 is 9.57. The minimum Gasteiger partial charge on any atom is -0.468 e. The molecule has 7 heteroatoms. The molecule has 1 aliphatic rings. The zero-order valence-corrected chi connectivity index (χ0v) is 17.9. The molecular formula is C23H26N4O2S. The molecule has 0 saturated heterocycles. The van der Waals surface area contributed by atoms with E-state index in [0.717, 1.165) is 24.2 Å². The number of nitrogens with zero attached hydrogens (tertiary/aromatic N) is 4. The van der Waals surface area contributed by atoms with Crippen molar-refractivity contribution in [3.05, 3.63) is 82.4 Å². The van der Waals surface area contributed by atoms with E-state index in [9.17, 15) is 4.79 Å². The largest absolute Gasteiger partial charge is 0.468 e. The van der Waals surface area contributed by atoms with Gasteiger partial charge in [-0.25, -0.2) is 4.68 Å². The summed E-state index contributed by atoms with van der Waals surface area (Å²) in [7, 11) is 1.41. The molecule has 6 nitrogen and oxygen atoms in total. The third-order valence-corrected chi connectivity index (χ3v) is 5.67. The summed E-state index contributed by atoms with van der Waals surface area (Å²) in [5.41, 5.74) is 2.32. The van der Waals surface area contributed by atoms with Crippen LogP contribution in [0.25, 0.3) is 0 Å². The van der Waals surface area contributed by atoms with Gasteiger partial charge in [0.2, 0.25) is 0 Å². The Labute approximate surface area is 181 Å². The molecule has 1 saturated carbocycles. The van der Waals surface area contributed by atoms with Crippen LogP contribution in [0.4, 0.5) is 0 Å². The lowest BCUT2D eigenvalue weighted by atomic mass is 10.2. The second-order valence-electron chi connectivity index (χ2n) is 7.68. The maximum Gasteiger partial charge on any atom is 0.319 e. The van der Waals surface area contributed by atoms with Gasteiger partial charge in [0.15, 0.2) is 4.77 Å². The van der Waals surface area contributed by atoms with Crippen molar-refractivity contribution < 1.29 is 9.53 Å². The number of ether oxygens (including phenoxy) is 1. The molecule has 0 radical (unpaired) electrons. The summed E-state index contributed by atoms with van der Waals surface area (Å²) >= 11 is 5.80. The first-order valence-corrected chi connectivity index (χ1v) is 10.6. The summed E-state index contributed by atoms with van der Waals surface area (Å²) in [5, 5.41) is 4.86. The van der Waals surface area contributed by atoms with Crippen LogP contribution in [-0.2, 0) is 29.3 Å². The Morgan fingerprint density at radius 2 is 1.73 bits per heavy atom. The van der Waals surface area contributed by atoms with Crippen molar-refractivity contribution in [3.63, 3.8) is 0 Å². The van der Waals surface area contributed by atoms with Crippen molar-refractivity contribution in [2.75, 3.05) is 13.7 Å². The number of carbonyl (C=O) groups excluding carboxylic acids is 1. The predicted molar refractivity (Wildman–Crippen MR) is 117 cm³/mol. The number of hydrogen-bond acceptors (Lipinski definition) is 5. The molecule has 0 spiro atoms. The van der Waals surface area contributed by atoms with Gasteiger partial charge in [-0.2, -0.15) is 5.10 Å². The fourth-order valence-electron chi connectivity index (χ4n) is 3.54. The van der Waals surface area contributed by atoms with E-state index >= 15 is 0 Å². The lowest BCUT2D eigenvalue weighted by Gasteiger charge is -2.20. The molecule has 3 aromatic rings. The third kappa shape index (κ3) is 5.04. The Morgan fingerprint density at radius 3 is 2.33 bits per heavy atom. The minimum atomic E-state index is -0.274. The minimum absolute atomic E-state index is 0.178. The second kappa shape index (κ2) is 9.36. The molecule has 0 N–H and O–H groups in total. The average Bonchev–Trinajstić information content (AvgIpc) is 3.57. The van der Waals surface area contributed by atoms with Crippen LogP contribution in [0.3, 0.4) is 0 Å². The van der Waals surface area contributed by atoms with Crippen LogP contribution >= 0.6 is 12.2 Å². The highest BCUT2D eigenvalue weighted by Crippen LogP contribution is 2.39. The van der Waals surface area contributed by atoms with Crippen LogP contribution in [0.5, 0.6) is 0 Å². The third-order valence-electron chi connectivity index (χ3n) is 5.24. The molecule has 0 atom stereocenters. The lowest BCUT2D eigenvalue weighted by molar-refractivity contribution is -0.142. The molecule has 2 aromatic carbocycles. The van der Waals surface area contributed by atoms with E-state index in [0.29, 0.717) is 30.4 Å². The normalized spacial score (nSPS) is 13.5. The van der Waals surface area contributed by atoms with Crippen LogP contribution in [-0.4, -0.2) is 38.9 Å². The van der Waals surface area contributed by atoms with E-state index in [1.54, 1.807) is 0 Å². The summed E-state index contributed by atoms with van der Waals surface area (Å²) in [4.78, 5) is 14.0. The number of methoxy groups -OCH3 is 1. The second-order valence-corrected chi connectivity index (χ2v) is 8.04. The topological polar surface area (TPSA) is 52.3 Å². The SMILES string of the molecule is COC(=O)CN(Cc1ccccc1)Cn1nc(C2CC2)n(Cc2ccccc2)c1=S. The molecule has 1 aliphatic carbocycles. The summed E-state index contributed by atoms with van der Waals surface area (Å²) in [6.07, 6.45) is 2.30. The van der Waals surface area contributed by atoms with Crippen LogP contribution in [0.2, 0.25) is 0 Å². The molecule has 0 amide bonds. The Kier molecular flexibility index (Phi) is 6.40. The summed E-state index contributed by atoms with van der Waals surface area (Å²) in [6.45, 7) is 1.94. The van der Waals surface area contributed by atoms with E-state index in [1.807, 2.05) is 58.1 Å². The predicted octanol–water partition coefficient (Wildman–Crippen LogP) is 3.97. The van der Waals surface area contributed by atoms with Gasteiger partial charge in [0.1, 0.15) is 5.82 Å². The number of rotatable bonds is 9. The first kappa shape index (κ1) is 20.5. The van der Waals surface area contributed by atoms with Crippen LogP contribution in [0.15, 0.2) is 60.7 Å². The fourth-order valence-corrected chi connectivity index (χ4v) is 3.80. The van der Waals surface area contributed by atoms with Gasteiger partial charge in [-0.05, 0) is 36.2 Å². The van der Waals surface area contributed by atoms with E-state index in [2.05, 4.69) is 16.7 Å². The number of benzene rings is 2. The molecule has 1 aromatic heterocycles. The molecule has 0 unspecified atom stereocenters. The number of carbonyl (C=O) groups is 1. The van der Waals surface area contributed by atoms with Gasteiger partial charge in [0.05, 0.1) is 26.9 Å². The molecule has 30 heavy (non-hydrogen) atoms. The van der Waals surface area contributed by atoms with E-state index in [4.69, 9.17) is 22.1 Å². The molecule has 1 heterocycles. The molecule has 0 bridgehead atoms. The maximum atomic E-state index is 12.0. The van der Waals surface area contributed by atoms with Crippen molar-refractivity contribution in [1.29, 1.82) is 0 Å². The quantitative estimate of drug-likeness (QED) is 0.386. The van der Waals surface area contributed by atoms with Gasteiger partial charge in [0.25, 0.3) is 0 Å². The Balaban J connectivity index is 1.60. The zero-order chi connectivity index (χ0) is 20.9. The summed E-state index contributed by atoms with van der Waals surface area (Å²) in [5.74, 6) is 1.24. The monoisotopic (exact) mass is 422 g/mol. The van der Waals surface area contributed by atoms with Gasteiger partial charge in [-0.3, -0.25) is 14.3 Å². The number of aromatic nitrogens is 3. The highest BCUT2D eigenvalue weighted by Gasteiger charge is 2.30. The van der Waals surface area contributed by atoms with Crippen molar-refractivity contribution in [3.8, 4) is 0 Å². The van der Waals surface area contributed by atoms with Gasteiger partial charge in [-0.15, -0.1) is 0 Å². The summed E-state index contributed by atoms with van der Waals surface area (Å²) in [6, 6.07) is 20.4. The zero-order valence-electron chi connectivity index (χ0n) is 17.1. The van der Waals surface area contributed by atoms with E-state index in [-0.39, 0.29) is 12.5 Å². The van der Waals surface area contributed by atoms with Gasteiger partial charge >= 0.3 is 5.97 Å². The fraction of sp³-hybridized carbons (Fsp3) is 0.348. The van der Waals surface area contributed by atoms with E-state index in [1.165, 1.54) is 12.7 Å². The Hall–Kier alpha value is -2.77. The van der Waals surface area contributed by atoms with Gasteiger partial charge in [-0.1, -0.05) is 60.7 Å². The Bertz CT molecular complexity index is 1040. The molecule has 156 valence electrons. The van der Waals surface area contributed by atoms with Crippen LogP contribution in [0, 0.1) is 4.77 Å². The van der Waals surface area contributed by atoms with Crippen LogP contribution in [0.1, 0.15) is 35.7 Å². The van der Waals surface area contributed by atoms with Crippen molar-refractivity contribution in [2.45, 2.75) is 38.5 Å². The van der Waals surface area contributed by atoms with Gasteiger partial charge < -0.3 is 4.74 Å².